The molecule has 2 aliphatic heterocycles. The van der Waals surface area contributed by atoms with Crippen LogP contribution in [0.2, 0.25) is 5.02 Å². The van der Waals surface area contributed by atoms with Crippen LogP contribution in [0.5, 0.6) is 5.75 Å². The molecule has 3 N–H and O–H groups in total. The van der Waals surface area contributed by atoms with Gasteiger partial charge in [-0.1, -0.05) is 18.0 Å². The maximum Gasteiger partial charge on any atom is 0.321 e. The first kappa shape index (κ1) is 17.0. The molecule has 1 saturated heterocycles. The molecule has 3 aliphatic rings. The number of ether oxygens (including phenoxy) is 1. The SMILES string of the molecule is O=C1COc2c(cc(Cl)cc2NC(=O)N2C[C@@H]3CCC[C@@]3(C(=O)O)C2)N1. The second-order valence-electron chi connectivity index (χ2n) is 7.03. The predicted molar refractivity (Wildman–Crippen MR) is 93.6 cm³/mol. The molecule has 9 heteroatoms. The molecule has 1 aromatic rings. The number of hydrogen-bond acceptors (Lipinski definition) is 4. The molecule has 0 unspecified atom stereocenters. The lowest BCUT2D eigenvalue weighted by Gasteiger charge is -2.25. The largest absolute Gasteiger partial charge is 0.481 e. The average molecular weight is 380 g/mol. The summed E-state index contributed by atoms with van der Waals surface area (Å²) in [6.45, 7) is 0.461. The molecule has 8 nitrogen and oxygen atoms in total. The van der Waals surface area contributed by atoms with Gasteiger partial charge >= 0.3 is 12.0 Å². The number of carboxylic acid groups (broad SMARTS) is 1. The van der Waals surface area contributed by atoms with Crippen LogP contribution in [-0.4, -0.2) is 47.6 Å². The second kappa shape index (κ2) is 6.05. The van der Waals surface area contributed by atoms with Gasteiger partial charge in [-0.15, -0.1) is 0 Å². The van der Waals surface area contributed by atoms with Crippen molar-refractivity contribution in [3.63, 3.8) is 0 Å². The lowest BCUT2D eigenvalue weighted by molar-refractivity contribution is -0.149. The van der Waals surface area contributed by atoms with Crippen molar-refractivity contribution in [1.82, 2.24) is 4.90 Å². The number of benzene rings is 1. The van der Waals surface area contributed by atoms with E-state index >= 15 is 0 Å². The molecule has 138 valence electrons. The fourth-order valence-corrected chi connectivity index (χ4v) is 4.46. The van der Waals surface area contributed by atoms with Gasteiger partial charge in [0.05, 0.1) is 16.8 Å². The van der Waals surface area contributed by atoms with E-state index in [1.54, 1.807) is 12.1 Å². The van der Waals surface area contributed by atoms with Gasteiger partial charge in [0.2, 0.25) is 0 Å². The second-order valence-corrected chi connectivity index (χ2v) is 7.46. The Morgan fingerprint density at radius 1 is 1.42 bits per heavy atom. The summed E-state index contributed by atoms with van der Waals surface area (Å²) in [7, 11) is 0. The average Bonchev–Trinajstić information content (AvgIpc) is 3.12. The summed E-state index contributed by atoms with van der Waals surface area (Å²) in [5.41, 5.74) is -0.0986. The van der Waals surface area contributed by atoms with Crippen molar-refractivity contribution < 1.29 is 24.2 Å². The zero-order chi connectivity index (χ0) is 18.5. The van der Waals surface area contributed by atoms with E-state index in [4.69, 9.17) is 16.3 Å². The normalized spacial score (nSPS) is 26.6. The van der Waals surface area contributed by atoms with Gasteiger partial charge in [0.15, 0.2) is 12.4 Å². The van der Waals surface area contributed by atoms with Gasteiger partial charge in [0, 0.05) is 18.1 Å². The first-order valence-electron chi connectivity index (χ1n) is 8.44. The highest BCUT2D eigenvalue weighted by molar-refractivity contribution is 6.31. The number of hydrogen-bond donors (Lipinski definition) is 3. The van der Waals surface area contributed by atoms with Crippen molar-refractivity contribution in [1.29, 1.82) is 0 Å². The zero-order valence-electron chi connectivity index (χ0n) is 13.9. The number of anilines is 2. The first-order chi connectivity index (χ1) is 12.4. The Morgan fingerprint density at radius 3 is 2.96 bits per heavy atom. The molecule has 1 aliphatic carbocycles. The Kier molecular flexibility index (Phi) is 3.95. The van der Waals surface area contributed by atoms with Gasteiger partial charge in [-0.3, -0.25) is 9.59 Å². The number of aliphatic carboxylic acids is 1. The van der Waals surface area contributed by atoms with Crippen molar-refractivity contribution in [3.8, 4) is 5.75 Å². The van der Waals surface area contributed by atoms with Crippen LogP contribution in [-0.2, 0) is 9.59 Å². The molecule has 0 radical (unpaired) electrons. The maximum absolute atomic E-state index is 12.7. The smallest absolute Gasteiger partial charge is 0.321 e. The number of carboxylic acids is 1. The lowest BCUT2D eigenvalue weighted by atomic mass is 9.81. The van der Waals surface area contributed by atoms with E-state index in [1.165, 1.54) is 4.90 Å². The quantitative estimate of drug-likeness (QED) is 0.731. The van der Waals surface area contributed by atoms with E-state index in [2.05, 4.69) is 10.6 Å². The number of nitrogens with zero attached hydrogens (tertiary/aromatic N) is 1. The van der Waals surface area contributed by atoms with E-state index in [0.29, 0.717) is 35.1 Å². The fourth-order valence-electron chi connectivity index (χ4n) is 4.25. The number of carbonyl (C=O) groups is 3. The van der Waals surface area contributed by atoms with E-state index in [1.807, 2.05) is 0 Å². The molecule has 0 aromatic heterocycles. The van der Waals surface area contributed by atoms with Crippen LogP contribution in [0.1, 0.15) is 19.3 Å². The number of likely N-dealkylation sites (tertiary alicyclic amines) is 1. The molecular formula is C17H18ClN3O5. The number of urea groups is 1. The number of carbonyl (C=O) groups excluding carboxylic acids is 2. The minimum atomic E-state index is -0.838. The van der Waals surface area contributed by atoms with Gasteiger partial charge in [0.1, 0.15) is 0 Å². The number of amides is 3. The molecule has 26 heavy (non-hydrogen) atoms. The van der Waals surface area contributed by atoms with E-state index < -0.39 is 17.4 Å². The van der Waals surface area contributed by atoms with E-state index in [-0.39, 0.29) is 25.0 Å². The minimum Gasteiger partial charge on any atom is -0.481 e. The Labute approximate surface area is 154 Å². The molecule has 3 amide bonds. The Hall–Kier alpha value is -2.48. The van der Waals surface area contributed by atoms with Crippen molar-refractivity contribution >= 4 is 40.9 Å². The number of halogens is 1. The molecule has 0 bridgehead atoms. The number of fused-ring (bicyclic) bond motifs is 2. The first-order valence-corrected chi connectivity index (χ1v) is 8.82. The molecule has 0 spiro atoms. The van der Waals surface area contributed by atoms with Crippen LogP contribution in [0.3, 0.4) is 0 Å². The molecule has 1 aromatic carbocycles. The van der Waals surface area contributed by atoms with Crippen LogP contribution in [0.25, 0.3) is 0 Å². The van der Waals surface area contributed by atoms with Crippen LogP contribution >= 0.6 is 11.6 Å². The van der Waals surface area contributed by atoms with Crippen LogP contribution in [0.15, 0.2) is 12.1 Å². The zero-order valence-corrected chi connectivity index (χ0v) is 14.6. The number of nitrogens with one attached hydrogen (secondary N) is 2. The standard InChI is InChI=1S/C17H18ClN3O5/c18-10-4-11-14(26-7-13(22)19-11)12(5-10)20-16(25)21-6-9-2-1-3-17(9,8-21)15(23)24/h4-5,9H,1-3,6-8H2,(H,19,22)(H,20,25)(H,23,24)/t9-,17+/m0/s1. The highest BCUT2D eigenvalue weighted by Crippen LogP contribution is 2.49. The predicted octanol–water partition coefficient (Wildman–Crippen LogP) is 2.39. The lowest BCUT2D eigenvalue weighted by Crippen LogP contribution is -2.39. The molecular weight excluding hydrogens is 362 g/mol. The highest BCUT2D eigenvalue weighted by Gasteiger charge is 2.55. The third-order valence-corrected chi connectivity index (χ3v) is 5.72. The van der Waals surface area contributed by atoms with Gasteiger partial charge < -0.3 is 25.4 Å². The summed E-state index contributed by atoms with van der Waals surface area (Å²) in [5, 5.41) is 15.4. The van der Waals surface area contributed by atoms with Crippen molar-refractivity contribution in [3.05, 3.63) is 17.2 Å². The van der Waals surface area contributed by atoms with Crippen LogP contribution < -0.4 is 15.4 Å². The molecule has 2 fully saturated rings. The molecule has 2 atom stereocenters. The van der Waals surface area contributed by atoms with E-state index in [9.17, 15) is 19.5 Å². The Balaban J connectivity index is 1.55. The summed E-state index contributed by atoms with van der Waals surface area (Å²) >= 11 is 6.06. The van der Waals surface area contributed by atoms with Gasteiger partial charge in [-0.05, 0) is 30.9 Å². The Morgan fingerprint density at radius 2 is 2.23 bits per heavy atom. The summed E-state index contributed by atoms with van der Waals surface area (Å²) in [5.74, 6) is -0.807. The maximum atomic E-state index is 12.7. The summed E-state index contributed by atoms with van der Waals surface area (Å²) < 4.78 is 5.42. The van der Waals surface area contributed by atoms with Crippen molar-refractivity contribution in [2.75, 3.05) is 30.3 Å². The highest BCUT2D eigenvalue weighted by atomic mass is 35.5. The number of rotatable bonds is 2. The van der Waals surface area contributed by atoms with Crippen LogP contribution in [0.4, 0.5) is 16.2 Å². The molecule has 2 heterocycles. The summed E-state index contributed by atoms with van der Waals surface area (Å²) in [6, 6.07) is 2.69. The van der Waals surface area contributed by atoms with Crippen molar-refractivity contribution in [2.45, 2.75) is 19.3 Å². The Bertz CT molecular complexity index is 814. The molecule has 1 saturated carbocycles. The van der Waals surface area contributed by atoms with Gasteiger partial charge in [-0.2, -0.15) is 0 Å². The third-order valence-electron chi connectivity index (χ3n) is 5.50. The van der Waals surface area contributed by atoms with Gasteiger partial charge in [-0.25, -0.2) is 4.79 Å². The topological polar surface area (TPSA) is 108 Å². The third kappa shape index (κ3) is 2.65. The summed E-state index contributed by atoms with van der Waals surface area (Å²) in [4.78, 5) is 37.5. The van der Waals surface area contributed by atoms with Gasteiger partial charge in [0.25, 0.3) is 5.91 Å². The molecule has 4 rings (SSSR count). The monoisotopic (exact) mass is 379 g/mol. The summed E-state index contributed by atoms with van der Waals surface area (Å²) in [6.07, 6.45) is 2.29. The van der Waals surface area contributed by atoms with E-state index in [0.717, 1.165) is 12.8 Å². The van der Waals surface area contributed by atoms with Crippen LogP contribution in [0, 0.1) is 11.3 Å². The fraction of sp³-hybridized carbons (Fsp3) is 0.471. The minimum absolute atomic E-state index is 0.0189. The van der Waals surface area contributed by atoms with Crippen molar-refractivity contribution in [2.24, 2.45) is 11.3 Å².